The number of carbonyl (C=O) groups is 2. The van der Waals surface area contributed by atoms with Crippen LogP contribution in [0.1, 0.15) is 31.8 Å². The van der Waals surface area contributed by atoms with Crippen LogP contribution >= 0.6 is 0 Å². The molecule has 0 fully saturated rings. The van der Waals surface area contributed by atoms with Crippen LogP contribution in [0.25, 0.3) is 0 Å². The van der Waals surface area contributed by atoms with Crippen LogP contribution in [-0.2, 0) is 44.8 Å². The molecule has 0 saturated heterocycles. The number of carboxylic acids is 2. The Hall–Kier alpha value is -1.58. The molecule has 0 unspecified atom stereocenters. The standard InChI is InChI=1S/C16H10O4.2Ag/c17-15(18)13-7-3-11(4-8-13)1-2-12-5-9-14(10-6-12)16(19)20;;/h3-10H,(H,17,18)(H,19,20);;/q;2*+1/p-2. The van der Waals surface area contributed by atoms with E-state index in [9.17, 15) is 19.8 Å². The fourth-order valence-electron chi connectivity index (χ4n) is 1.52. The molecule has 0 aromatic heterocycles. The van der Waals surface area contributed by atoms with Gasteiger partial charge in [0.1, 0.15) is 0 Å². The molecule has 0 N–H and O–H groups in total. The van der Waals surface area contributed by atoms with Crippen LogP contribution in [0.2, 0.25) is 0 Å². The molecule has 0 bridgehead atoms. The van der Waals surface area contributed by atoms with Gasteiger partial charge in [-0.2, -0.15) is 0 Å². The normalized spacial score (nSPS) is 8.55. The zero-order chi connectivity index (χ0) is 14.5. The molecule has 0 spiro atoms. The van der Waals surface area contributed by atoms with Crippen LogP contribution < -0.4 is 10.2 Å². The van der Waals surface area contributed by atoms with Gasteiger partial charge in [-0.15, -0.1) is 0 Å². The molecular formula is C16H8Ag2O4. The topological polar surface area (TPSA) is 80.3 Å². The van der Waals surface area contributed by atoms with Gasteiger partial charge in [0.2, 0.25) is 0 Å². The Morgan fingerprint density at radius 2 is 0.909 bits per heavy atom. The summed E-state index contributed by atoms with van der Waals surface area (Å²) in [7, 11) is 0. The zero-order valence-electron chi connectivity index (χ0n) is 10.9. The van der Waals surface area contributed by atoms with Crippen molar-refractivity contribution in [2.24, 2.45) is 0 Å². The summed E-state index contributed by atoms with van der Waals surface area (Å²) in [4.78, 5) is 21.2. The first-order valence-electron chi connectivity index (χ1n) is 5.71. The van der Waals surface area contributed by atoms with E-state index in [-0.39, 0.29) is 55.9 Å². The van der Waals surface area contributed by atoms with Gasteiger partial charge in [0.25, 0.3) is 0 Å². The van der Waals surface area contributed by atoms with Crippen molar-refractivity contribution in [2.75, 3.05) is 0 Å². The minimum Gasteiger partial charge on any atom is -0.545 e. The molecule has 0 amide bonds. The van der Waals surface area contributed by atoms with E-state index in [1.807, 2.05) is 0 Å². The summed E-state index contributed by atoms with van der Waals surface area (Å²) in [5, 5.41) is 21.2. The maximum absolute atomic E-state index is 10.6. The minimum atomic E-state index is -1.23. The van der Waals surface area contributed by atoms with Crippen LogP contribution in [0, 0.1) is 11.8 Å². The summed E-state index contributed by atoms with van der Waals surface area (Å²) in [5.74, 6) is 3.23. The van der Waals surface area contributed by atoms with E-state index in [2.05, 4.69) is 11.8 Å². The maximum Gasteiger partial charge on any atom is 1.00 e. The molecule has 2 aromatic rings. The van der Waals surface area contributed by atoms with Gasteiger partial charge in [0, 0.05) is 11.1 Å². The van der Waals surface area contributed by atoms with E-state index in [0.717, 1.165) is 0 Å². The van der Waals surface area contributed by atoms with E-state index in [0.29, 0.717) is 11.1 Å². The second kappa shape index (κ2) is 9.44. The monoisotopic (exact) mass is 478 g/mol. The molecule has 2 aromatic carbocycles. The minimum absolute atomic E-state index is 0. The van der Waals surface area contributed by atoms with Crippen molar-refractivity contribution in [2.45, 2.75) is 0 Å². The molecule has 0 aliphatic carbocycles. The molecule has 0 aliphatic rings. The van der Waals surface area contributed by atoms with Gasteiger partial charge < -0.3 is 19.8 Å². The number of carbonyl (C=O) groups excluding carboxylic acids is 2. The van der Waals surface area contributed by atoms with Crippen molar-refractivity contribution < 1.29 is 64.6 Å². The van der Waals surface area contributed by atoms with E-state index in [4.69, 9.17) is 0 Å². The zero-order valence-corrected chi connectivity index (χ0v) is 13.8. The molecule has 4 nitrogen and oxygen atoms in total. The van der Waals surface area contributed by atoms with Gasteiger partial charge in [-0.05, 0) is 35.4 Å². The number of hydrogen-bond acceptors (Lipinski definition) is 4. The Kier molecular flexibility index (Phi) is 8.76. The summed E-state index contributed by atoms with van der Waals surface area (Å²) in [5.41, 5.74) is 1.49. The van der Waals surface area contributed by atoms with Gasteiger partial charge in [0.15, 0.2) is 0 Å². The first-order chi connectivity index (χ1) is 9.56. The summed E-state index contributed by atoms with van der Waals surface area (Å²) in [6.45, 7) is 0. The fraction of sp³-hybridized carbons (Fsp3) is 0. The fourth-order valence-corrected chi connectivity index (χ4v) is 1.52. The van der Waals surface area contributed by atoms with E-state index < -0.39 is 11.9 Å². The molecule has 0 atom stereocenters. The van der Waals surface area contributed by atoms with E-state index in [1.165, 1.54) is 24.3 Å². The summed E-state index contributed by atoms with van der Waals surface area (Å²) in [6, 6.07) is 12.0. The molecule has 0 radical (unpaired) electrons. The summed E-state index contributed by atoms with van der Waals surface area (Å²) >= 11 is 0. The van der Waals surface area contributed by atoms with Gasteiger partial charge in [0.05, 0.1) is 11.9 Å². The van der Waals surface area contributed by atoms with Gasteiger partial charge >= 0.3 is 44.8 Å². The Morgan fingerprint density at radius 3 is 1.14 bits per heavy atom. The Morgan fingerprint density at radius 1 is 0.636 bits per heavy atom. The number of benzene rings is 2. The largest absolute Gasteiger partial charge is 1.00 e. The average molecular weight is 480 g/mol. The first-order valence-corrected chi connectivity index (χ1v) is 5.71. The smallest absolute Gasteiger partial charge is 0.545 e. The second-order valence-electron chi connectivity index (χ2n) is 3.98. The number of carboxylic acid groups (broad SMARTS) is 2. The molecule has 0 aliphatic heterocycles. The summed E-state index contributed by atoms with van der Waals surface area (Å²) in [6.07, 6.45) is 0. The van der Waals surface area contributed by atoms with Crippen molar-refractivity contribution >= 4 is 11.9 Å². The van der Waals surface area contributed by atoms with Gasteiger partial charge in [-0.25, -0.2) is 0 Å². The van der Waals surface area contributed by atoms with Crippen LogP contribution in [-0.4, -0.2) is 11.9 Å². The van der Waals surface area contributed by atoms with E-state index >= 15 is 0 Å². The van der Waals surface area contributed by atoms with Crippen molar-refractivity contribution in [3.63, 3.8) is 0 Å². The Bertz CT molecular complexity index is 649. The van der Waals surface area contributed by atoms with Crippen molar-refractivity contribution in [1.82, 2.24) is 0 Å². The van der Waals surface area contributed by atoms with Crippen molar-refractivity contribution in [3.05, 3.63) is 70.8 Å². The number of aromatic carboxylic acids is 2. The third-order valence-corrected chi connectivity index (χ3v) is 2.59. The van der Waals surface area contributed by atoms with Gasteiger partial charge in [-0.1, -0.05) is 36.1 Å². The van der Waals surface area contributed by atoms with Crippen LogP contribution in [0.5, 0.6) is 0 Å². The molecule has 22 heavy (non-hydrogen) atoms. The molecule has 118 valence electrons. The molecule has 0 heterocycles. The first kappa shape index (κ1) is 20.4. The third kappa shape index (κ3) is 5.66. The SMILES string of the molecule is O=C([O-])c1ccc(C#Cc2ccc(C(=O)[O-])cc2)cc1.[Ag+].[Ag+]. The predicted molar refractivity (Wildman–Crippen MR) is 67.5 cm³/mol. The average Bonchev–Trinajstić information content (AvgIpc) is 2.46. The molecular weight excluding hydrogens is 472 g/mol. The predicted octanol–water partition coefficient (Wildman–Crippen LogP) is -0.192. The molecule has 6 heteroatoms. The Labute approximate surface area is 158 Å². The summed E-state index contributed by atoms with van der Waals surface area (Å²) < 4.78 is 0. The van der Waals surface area contributed by atoms with Crippen molar-refractivity contribution in [3.8, 4) is 11.8 Å². The van der Waals surface area contributed by atoms with Crippen LogP contribution in [0.15, 0.2) is 48.5 Å². The quantitative estimate of drug-likeness (QED) is 0.442. The number of hydrogen-bond donors (Lipinski definition) is 0. The molecule has 0 saturated carbocycles. The van der Waals surface area contributed by atoms with Crippen molar-refractivity contribution in [1.29, 1.82) is 0 Å². The van der Waals surface area contributed by atoms with Crippen LogP contribution in [0.3, 0.4) is 0 Å². The Balaban J connectivity index is 0.00000220. The number of rotatable bonds is 2. The third-order valence-electron chi connectivity index (χ3n) is 2.59. The van der Waals surface area contributed by atoms with Crippen LogP contribution in [0.4, 0.5) is 0 Å². The maximum atomic E-state index is 10.6. The van der Waals surface area contributed by atoms with E-state index in [1.54, 1.807) is 24.3 Å². The second-order valence-corrected chi connectivity index (χ2v) is 3.98. The molecule has 2 rings (SSSR count). The van der Waals surface area contributed by atoms with Gasteiger partial charge in [-0.3, -0.25) is 0 Å².